The quantitative estimate of drug-likeness (QED) is 0.658. The topological polar surface area (TPSA) is 94.2 Å². The third kappa shape index (κ3) is 4.32. The summed E-state index contributed by atoms with van der Waals surface area (Å²) >= 11 is 0. The van der Waals surface area contributed by atoms with Crippen LogP contribution < -0.4 is 23.8 Å². The molecule has 0 saturated carbocycles. The number of hydrogen-bond donors (Lipinski definition) is 1. The zero-order chi connectivity index (χ0) is 22.8. The lowest BCUT2D eigenvalue weighted by Gasteiger charge is -2.30. The van der Waals surface area contributed by atoms with Crippen LogP contribution in [0.5, 0.6) is 17.2 Å². The smallest absolute Gasteiger partial charge is 0.269 e. The standard InChI is InChI=1S/C22H26N2O6S/c1-14-6-8-16(9-7-14)30-11-10-23-22(25)21-15(2)17-12-19(28-4)20(29-5)13-18(17)24(3)31(21,26)27/h6-9,12-13H,10-11H2,1-5H3,(H,23,25). The highest BCUT2D eigenvalue weighted by atomic mass is 32.2. The van der Waals surface area contributed by atoms with Gasteiger partial charge in [0.25, 0.3) is 15.9 Å². The molecular formula is C22H26N2O6S. The van der Waals surface area contributed by atoms with E-state index in [1.807, 2.05) is 31.2 Å². The molecule has 0 unspecified atom stereocenters. The van der Waals surface area contributed by atoms with Crippen molar-refractivity contribution in [1.29, 1.82) is 0 Å². The zero-order valence-electron chi connectivity index (χ0n) is 18.2. The Morgan fingerprint density at radius 1 is 1.03 bits per heavy atom. The van der Waals surface area contributed by atoms with Gasteiger partial charge in [-0.15, -0.1) is 0 Å². The molecule has 2 aromatic rings. The average Bonchev–Trinajstić information content (AvgIpc) is 2.75. The Balaban J connectivity index is 1.83. The number of nitrogens with one attached hydrogen (secondary N) is 1. The van der Waals surface area contributed by atoms with Crippen LogP contribution in [-0.4, -0.2) is 48.7 Å². The second-order valence-corrected chi connectivity index (χ2v) is 8.97. The van der Waals surface area contributed by atoms with Gasteiger partial charge in [0, 0.05) is 18.7 Å². The normalized spacial score (nSPS) is 14.7. The summed E-state index contributed by atoms with van der Waals surface area (Å²) in [7, 11) is 0.332. The monoisotopic (exact) mass is 446 g/mol. The fraction of sp³-hybridized carbons (Fsp3) is 0.318. The SMILES string of the molecule is COc1cc2c(cc1OC)N(C)S(=O)(=O)C(C(=O)NCCOc1ccc(C)cc1)=C2C. The first-order valence-electron chi connectivity index (χ1n) is 9.64. The first-order valence-corrected chi connectivity index (χ1v) is 11.1. The van der Waals surface area contributed by atoms with Crippen molar-refractivity contribution in [2.24, 2.45) is 0 Å². The largest absolute Gasteiger partial charge is 0.493 e. The third-order valence-corrected chi connectivity index (χ3v) is 7.01. The van der Waals surface area contributed by atoms with Crippen LogP contribution in [0.15, 0.2) is 41.3 Å². The van der Waals surface area contributed by atoms with Gasteiger partial charge in [-0.2, -0.15) is 0 Å². The summed E-state index contributed by atoms with van der Waals surface area (Å²) in [5.41, 5.74) is 2.45. The number of sulfonamides is 1. The van der Waals surface area contributed by atoms with Crippen molar-refractivity contribution in [3.05, 3.63) is 52.4 Å². The number of rotatable bonds is 7. The summed E-state index contributed by atoms with van der Waals surface area (Å²) in [4.78, 5) is 12.5. The first kappa shape index (κ1) is 22.5. The average molecular weight is 447 g/mol. The first-order chi connectivity index (χ1) is 14.7. The van der Waals surface area contributed by atoms with Gasteiger partial charge >= 0.3 is 0 Å². The lowest BCUT2D eigenvalue weighted by atomic mass is 10.0. The number of methoxy groups -OCH3 is 2. The Bertz CT molecular complexity index is 1120. The summed E-state index contributed by atoms with van der Waals surface area (Å²) < 4.78 is 43.4. The van der Waals surface area contributed by atoms with Crippen LogP contribution in [0.25, 0.3) is 5.57 Å². The van der Waals surface area contributed by atoms with Crippen molar-refractivity contribution in [2.45, 2.75) is 13.8 Å². The van der Waals surface area contributed by atoms with Gasteiger partial charge in [0.2, 0.25) is 0 Å². The molecule has 0 aromatic heterocycles. The van der Waals surface area contributed by atoms with E-state index >= 15 is 0 Å². The second kappa shape index (κ2) is 8.89. The fourth-order valence-corrected chi connectivity index (χ4v) is 4.83. The number of carbonyl (C=O) groups excluding carboxylic acids is 1. The van der Waals surface area contributed by atoms with Crippen LogP contribution in [0.3, 0.4) is 0 Å². The fourth-order valence-electron chi connectivity index (χ4n) is 3.35. The summed E-state index contributed by atoms with van der Waals surface area (Å²) in [6, 6.07) is 10.8. The number of ether oxygens (including phenoxy) is 3. The van der Waals surface area contributed by atoms with Crippen molar-refractivity contribution in [2.75, 3.05) is 38.7 Å². The van der Waals surface area contributed by atoms with Gasteiger partial charge in [-0.05, 0) is 37.6 Å². The number of aryl methyl sites for hydroxylation is 1. The minimum absolute atomic E-state index is 0.154. The minimum Gasteiger partial charge on any atom is -0.493 e. The van der Waals surface area contributed by atoms with Crippen LogP contribution >= 0.6 is 0 Å². The molecule has 8 nitrogen and oxygen atoms in total. The molecule has 166 valence electrons. The van der Waals surface area contributed by atoms with Gasteiger partial charge < -0.3 is 19.5 Å². The molecule has 0 atom stereocenters. The van der Waals surface area contributed by atoms with E-state index in [0.29, 0.717) is 34.1 Å². The van der Waals surface area contributed by atoms with Crippen molar-refractivity contribution < 1.29 is 27.4 Å². The van der Waals surface area contributed by atoms with Crippen LogP contribution in [0.1, 0.15) is 18.1 Å². The molecule has 1 aliphatic rings. The van der Waals surface area contributed by atoms with Gasteiger partial charge in [-0.25, -0.2) is 8.42 Å². The number of carbonyl (C=O) groups is 1. The predicted octanol–water partition coefficient (Wildman–Crippen LogP) is 2.72. The lowest BCUT2D eigenvalue weighted by molar-refractivity contribution is -0.116. The zero-order valence-corrected chi connectivity index (χ0v) is 19.0. The number of nitrogens with zero attached hydrogens (tertiary/aromatic N) is 1. The van der Waals surface area contributed by atoms with E-state index in [-0.39, 0.29) is 18.1 Å². The molecule has 3 rings (SSSR count). The summed E-state index contributed by atoms with van der Waals surface area (Å²) in [6.45, 7) is 3.94. The van der Waals surface area contributed by atoms with E-state index < -0.39 is 15.9 Å². The summed E-state index contributed by atoms with van der Waals surface area (Å²) in [5, 5.41) is 2.64. The number of fused-ring (bicyclic) bond motifs is 1. The van der Waals surface area contributed by atoms with Crippen molar-refractivity contribution in [3.8, 4) is 17.2 Å². The van der Waals surface area contributed by atoms with E-state index in [9.17, 15) is 13.2 Å². The number of anilines is 1. The third-order valence-electron chi connectivity index (χ3n) is 5.09. The van der Waals surface area contributed by atoms with Gasteiger partial charge in [0.15, 0.2) is 16.4 Å². The number of amides is 1. The van der Waals surface area contributed by atoms with Gasteiger partial charge in [0.05, 0.1) is 26.5 Å². The van der Waals surface area contributed by atoms with Crippen molar-refractivity contribution in [1.82, 2.24) is 5.32 Å². The van der Waals surface area contributed by atoms with E-state index in [2.05, 4.69) is 5.32 Å². The molecule has 31 heavy (non-hydrogen) atoms. The molecule has 9 heteroatoms. The highest BCUT2D eigenvalue weighted by Crippen LogP contribution is 2.44. The van der Waals surface area contributed by atoms with E-state index in [0.717, 1.165) is 9.87 Å². The Labute approximate surface area is 182 Å². The summed E-state index contributed by atoms with van der Waals surface area (Å²) in [5.74, 6) is 0.837. The molecule has 0 bridgehead atoms. The minimum atomic E-state index is -4.04. The maximum atomic E-state index is 13.1. The molecule has 0 spiro atoms. The molecule has 0 aliphatic carbocycles. The Hall–Kier alpha value is -3.20. The molecule has 1 amide bonds. The molecule has 2 aromatic carbocycles. The number of hydrogen-bond acceptors (Lipinski definition) is 6. The molecule has 1 heterocycles. The number of allylic oxidation sites excluding steroid dienone is 1. The molecule has 0 fully saturated rings. The highest BCUT2D eigenvalue weighted by Gasteiger charge is 2.38. The lowest BCUT2D eigenvalue weighted by Crippen LogP contribution is -2.40. The van der Waals surface area contributed by atoms with Gasteiger partial charge in [0.1, 0.15) is 12.4 Å². The maximum Gasteiger partial charge on any atom is 0.269 e. The van der Waals surface area contributed by atoms with Crippen LogP contribution in [0.4, 0.5) is 5.69 Å². The van der Waals surface area contributed by atoms with Gasteiger partial charge in [-0.1, -0.05) is 17.7 Å². The Kier molecular flexibility index (Phi) is 6.45. The number of benzene rings is 2. The summed E-state index contributed by atoms with van der Waals surface area (Å²) in [6.07, 6.45) is 0. The molecule has 1 aliphatic heterocycles. The van der Waals surface area contributed by atoms with E-state index in [1.165, 1.54) is 21.3 Å². The molecular weight excluding hydrogens is 420 g/mol. The van der Waals surface area contributed by atoms with Crippen LogP contribution in [-0.2, 0) is 14.8 Å². The molecule has 1 N–H and O–H groups in total. The van der Waals surface area contributed by atoms with Crippen LogP contribution in [0, 0.1) is 6.92 Å². The van der Waals surface area contributed by atoms with Crippen molar-refractivity contribution >= 4 is 27.2 Å². The van der Waals surface area contributed by atoms with Crippen molar-refractivity contribution in [3.63, 3.8) is 0 Å². The Morgan fingerprint density at radius 3 is 2.26 bits per heavy atom. The highest BCUT2D eigenvalue weighted by molar-refractivity contribution is 7.97. The van der Waals surface area contributed by atoms with Crippen LogP contribution in [0.2, 0.25) is 0 Å². The maximum absolute atomic E-state index is 13.1. The van der Waals surface area contributed by atoms with E-state index in [4.69, 9.17) is 14.2 Å². The second-order valence-electron chi connectivity index (χ2n) is 7.07. The molecule has 0 saturated heterocycles. The Morgan fingerprint density at radius 2 is 1.65 bits per heavy atom. The van der Waals surface area contributed by atoms with E-state index in [1.54, 1.807) is 19.1 Å². The van der Waals surface area contributed by atoms with Gasteiger partial charge in [-0.3, -0.25) is 9.10 Å². The predicted molar refractivity (Wildman–Crippen MR) is 119 cm³/mol. The molecule has 0 radical (unpaired) electrons.